The maximum absolute atomic E-state index is 12.7. The molecule has 3 rings (SSSR count). The van der Waals surface area contributed by atoms with Crippen LogP contribution in [-0.4, -0.2) is 28.5 Å². The molecule has 118 valence electrons. The maximum Gasteiger partial charge on any atom is 0.325 e. The number of carbonyl (C=O) groups excluding carboxylic acids is 2. The van der Waals surface area contributed by atoms with Crippen LogP contribution in [0, 0.1) is 0 Å². The van der Waals surface area contributed by atoms with Crippen LogP contribution < -0.4 is 5.32 Å². The summed E-state index contributed by atoms with van der Waals surface area (Å²) in [6.07, 6.45) is -0.913. The third-order valence-electron chi connectivity index (χ3n) is 4.17. The summed E-state index contributed by atoms with van der Waals surface area (Å²) < 4.78 is 0. The molecular weight excluding hydrogens is 292 g/mol. The molecule has 0 saturated carbocycles. The van der Waals surface area contributed by atoms with Crippen molar-refractivity contribution < 1.29 is 14.7 Å². The molecule has 1 aliphatic rings. The molecule has 2 N–H and O–H groups in total. The van der Waals surface area contributed by atoms with Crippen LogP contribution in [0.3, 0.4) is 0 Å². The molecule has 1 heterocycles. The number of β-amino-alcohol motifs (C(OH)–C–C–N with tert-alkyl or cyclic N) is 1. The summed E-state index contributed by atoms with van der Waals surface area (Å²) in [5.41, 5.74) is 0.283. The Labute approximate surface area is 134 Å². The van der Waals surface area contributed by atoms with Crippen molar-refractivity contribution in [2.45, 2.75) is 18.6 Å². The SMILES string of the molecule is C[C@]1(c2ccccc2)NC(=O)N(C[C@H](O)c2ccccc2)C1=O. The number of carbonyl (C=O) groups is 2. The Balaban J connectivity index is 1.82. The summed E-state index contributed by atoms with van der Waals surface area (Å²) in [6.45, 7) is 1.61. The Morgan fingerprint density at radius 2 is 1.61 bits per heavy atom. The first-order chi connectivity index (χ1) is 11.0. The third kappa shape index (κ3) is 2.71. The summed E-state index contributed by atoms with van der Waals surface area (Å²) >= 11 is 0. The highest BCUT2D eigenvalue weighted by Crippen LogP contribution is 2.29. The molecule has 3 amide bonds. The fourth-order valence-corrected chi connectivity index (χ4v) is 2.78. The standard InChI is InChI=1S/C18H18N2O3/c1-18(14-10-6-3-7-11-14)16(22)20(17(23)19-18)12-15(21)13-8-4-2-5-9-13/h2-11,15,21H,12H2,1H3,(H,19,23)/t15-,18+/m0/s1. The number of hydrogen-bond acceptors (Lipinski definition) is 3. The lowest BCUT2D eigenvalue weighted by molar-refractivity contribution is -0.132. The van der Waals surface area contributed by atoms with Gasteiger partial charge < -0.3 is 10.4 Å². The molecular formula is C18H18N2O3. The van der Waals surface area contributed by atoms with Crippen molar-refractivity contribution in [3.63, 3.8) is 0 Å². The van der Waals surface area contributed by atoms with E-state index in [1.807, 2.05) is 24.3 Å². The highest BCUT2D eigenvalue weighted by molar-refractivity contribution is 6.07. The lowest BCUT2D eigenvalue weighted by Gasteiger charge is -2.23. The van der Waals surface area contributed by atoms with Gasteiger partial charge in [-0.3, -0.25) is 9.69 Å². The fourth-order valence-electron chi connectivity index (χ4n) is 2.78. The molecule has 5 nitrogen and oxygen atoms in total. The van der Waals surface area contributed by atoms with Gasteiger partial charge >= 0.3 is 6.03 Å². The molecule has 1 saturated heterocycles. The van der Waals surface area contributed by atoms with E-state index < -0.39 is 17.7 Å². The Morgan fingerprint density at radius 3 is 2.22 bits per heavy atom. The molecule has 2 atom stereocenters. The van der Waals surface area contributed by atoms with Crippen LogP contribution in [0.1, 0.15) is 24.2 Å². The second-order valence-corrected chi connectivity index (χ2v) is 5.76. The first-order valence-corrected chi connectivity index (χ1v) is 7.45. The van der Waals surface area contributed by atoms with Crippen LogP contribution in [-0.2, 0) is 10.3 Å². The lowest BCUT2D eigenvalue weighted by Crippen LogP contribution is -2.41. The van der Waals surface area contributed by atoms with E-state index in [1.165, 1.54) is 0 Å². The number of aliphatic hydroxyl groups excluding tert-OH is 1. The smallest absolute Gasteiger partial charge is 0.325 e. The van der Waals surface area contributed by atoms with Gasteiger partial charge in [-0.15, -0.1) is 0 Å². The number of amides is 3. The Morgan fingerprint density at radius 1 is 1.04 bits per heavy atom. The number of hydrogen-bond donors (Lipinski definition) is 2. The van der Waals surface area contributed by atoms with Crippen molar-refractivity contribution in [1.82, 2.24) is 10.2 Å². The van der Waals surface area contributed by atoms with Crippen molar-refractivity contribution in [1.29, 1.82) is 0 Å². The summed E-state index contributed by atoms with van der Waals surface area (Å²) in [6, 6.07) is 17.6. The predicted molar refractivity (Wildman–Crippen MR) is 85.4 cm³/mol. The second kappa shape index (κ2) is 5.85. The highest BCUT2D eigenvalue weighted by atomic mass is 16.3. The predicted octanol–water partition coefficient (Wildman–Crippen LogP) is 2.19. The number of nitrogens with zero attached hydrogens (tertiary/aromatic N) is 1. The lowest BCUT2D eigenvalue weighted by atomic mass is 9.92. The average Bonchev–Trinajstić information content (AvgIpc) is 2.81. The average molecular weight is 310 g/mol. The Bertz CT molecular complexity index is 718. The quantitative estimate of drug-likeness (QED) is 0.851. The molecule has 23 heavy (non-hydrogen) atoms. The summed E-state index contributed by atoms with van der Waals surface area (Å²) in [7, 11) is 0. The van der Waals surface area contributed by atoms with Crippen LogP contribution in [0.4, 0.5) is 4.79 Å². The molecule has 1 aliphatic heterocycles. The molecule has 5 heteroatoms. The van der Waals surface area contributed by atoms with Gasteiger partial charge in [0.05, 0.1) is 12.6 Å². The van der Waals surface area contributed by atoms with Gasteiger partial charge in [0.2, 0.25) is 0 Å². The minimum absolute atomic E-state index is 0.0723. The second-order valence-electron chi connectivity index (χ2n) is 5.76. The van der Waals surface area contributed by atoms with Crippen LogP contribution in [0.15, 0.2) is 60.7 Å². The minimum Gasteiger partial charge on any atom is -0.387 e. The number of aliphatic hydroxyl groups is 1. The largest absolute Gasteiger partial charge is 0.387 e. The fraction of sp³-hybridized carbons (Fsp3) is 0.222. The zero-order chi connectivity index (χ0) is 16.4. The van der Waals surface area contributed by atoms with Crippen molar-refractivity contribution in [3.05, 3.63) is 71.8 Å². The first kappa shape index (κ1) is 15.2. The van der Waals surface area contributed by atoms with Gasteiger partial charge in [-0.2, -0.15) is 0 Å². The van der Waals surface area contributed by atoms with E-state index in [4.69, 9.17) is 0 Å². The van der Waals surface area contributed by atoms with Crippen LogP contribution in [0.25, 0.3) is 0 Å². The Hall–Kier alpha value is -2.66. The van der Waals surface area contributed by atoms with Gasteiger partial charge in [0.15, 0.2) is 0 Å². The first-order valence-electron chi connectivity index (χ1n) is 7.45. The van der Waals surface area contributed by atoms with E-state index >= 15 is 0 Å². The van der Waals surface area contributed by atoms with E-state index in [0.29, 0.717) is 5.56 Å². The normalized spacial score (nSPS) is 22.1. The van der Waals surface area contributed by atoms with Crippen molar-refractivity contribution in [3.8, 4) is 0 Å². The molecule has 2 aromatic carbocycles. The van der Waals surface area contributed by atoms with Crippen LogP contribution >= 0.6 is 0 Å². The zero-order valence-corrected chi connectivity index (χ0v) is 12.8. The molecule has 0 spiro atoms. The summed E-state index contributed by atoms with van der Waals surface area (Å²) in [4.78, 5) is 26.0. The number of urea groups is 1. The van der Waals surface area contributed by atoms with Gasteiger partial charge in [-0.25, -0.2) is 4.79 Å². The number of imide groups is 1. The maximum atomic E-state index is 12.7. The Kier molecular flexibility index (Phi) is 3.88. The van der Waals surface area contributed by atoms with E-state index in [0.717, 1.165) is 10.5 Å². The molecule has 0 aliphatic carbocycles. The van der Waals surface area contributed by atoms with Gasteiger partial charge in [-0.05, 0) is 18.1 Å². The topological polar surface area (TPSA) is 69.6 Å². The van der Waals surface area contributed by atoms with E-state index in [2.05, 4.69) is 5.32 Å². The van der Waals surface area contributed by atoms with Crippen molar-refractivity contribution >= 4 is 11.9 Å². The minimum atomic E-state index is -1.10. The number of nitrogens with one attached hydrogen (secondary N) is 1. The monoisotopic (exact) mass is 310 g/mol. The molecule has 1 fully saturated rings. The van der Waals surface area contributed by atoms with Gasteiger partial charge in [-0.1, -0.05) is 60.7 Å². The number of benzene rings is 2. The summed E-state index contributed by atoms with van der Waals surface area (Å²) in [5.74, 6) is -0.358. The van der Waals surface area contributed by atoms with E-state index in [1.54, 1.807) is 43.3 Å². The molecule has 2 aromatic rings. The number of rotatable bonds is 4. The molecule has 0 unspecified atom stereocenters. The van der Waals surface area contributed by atoms with Gasteiger partial charge in [0.1, 0.15) is 5.54 Å². The molecule has 0 bridgehead atoms. The van der Waals surface area contributed by atoms with Gasteiger partial charge in [0, 0.05) is 0 Å². The van der Waals surface area contributed by atoms with Crippen LogP contribution in [0.2, 0.25) is 0 Å². The zero-order valence-electron chi connectivity index (χ0n) is 12.8. The van der Waals surface area contributed by atoms with E-state index in [-0.39, 0.29) is 12.5 Å². The van der Waals surface area contributed by atoms with E-state index in [9.17, 15) is 14.7 Å². The van der Waals surface area contributed by atoms with Crippen molar-refractivity contribution in [2.24, 2.45) is 0 Å². The molecule has 0 radical (unpaired) electrons. The van der Waals surface area contributed by atoms with Gasteiger partial charge in [0.25, 0.3) is 5.91 Å². The van der Waals surface area contributed by atoms with Crippen LogP contribution in [0.5, 0.6) is 0 Å². The van der Waals surface area contributed by atoms with Crippen molar-refractivity contribution in [2.75, 3.05) is 6.54 Å². The third-order valence-corrected chi connectivity index (χ3v) is 4.17. The summed E-state index contributed by atoms with van der Waals surface area (Å²) in [5, 5.41) is 13.0. The highest BCUT2D eigenvalue weighted by Gasteiger charge is 2.49. The molecule has 0 aromatic heterocycles.